The van der Waals surface area contributed by atoms with E-state index in [1.165, 1.54) is 116 Å². The van der Waals surface area contributed by atoms with Gasteiger partial charge in [-0.2, -0.15) is 0 Å². The number of carboxylic acid groups (broad SMARTS) is 1. The summed E-state index contributed by atoms with van der Waals surface area (Å²) in [6, 6.07) is 0. The minimum Gasteiger partial charge on any atom is -0.545 e. The monoisotopic (exact) mass is 1290 g/mol. The first-order chi connectivity index (χ1) is 45.6. The molecule has 0 fully saturated rings. The molecular formula is C84H137NO8. The molecule has 93 heavy (non-hydrogen) atoms. The number of unbranched alkanes of at least 4 members (excludes halogenated alkanes) is 24. The lowest BCUT2D eigenvalue weighted by Gasteiger charge is -2.26. The maximum Gasteiger partial charge on any atom is 0.306 e. The minimum absolute atomic E-state index is 0.139. The van der Waals surface area contributed by atoms with Crippen molar-refractivity contribution in [1.82, 2.24) is 0 Å². The van der Waals surface area contributed by atoms with E-state index in [1.54, 1.807) is 0 Å². The standard InChI is InChI=1S/C84H137NO8/c1-6-8-10-12-14-16-18-20-22-24-26-28-30-32-34-36-38-40-41-43-45-47-49-51-53-55-57-59-61-63-65-67-69-71-73-75-82(87)93-80(79-92-84(83(88)89)90-77-76-85(3,4)5)78-91-81(86)74-72-70-68-66-64-62-60-58-56-54-52-50-48-46-44-42-39-37-35-33-31-29-27-25-23-21-19-17-15-13-11-9-7-2/h8-11,14-17,20-23,26-29,32-35,38-40,42-43,45,49,51,80,84H,6-7,12-13,18-19,24-25,30-31,36-37,41,44,46-48,50,52-79H2,1-5H3/b10-8-,11-9-,16-14-,17-15-,22-20-,23-21-,28-26-,29-27-,34-32-,35-33-,40-38-,42-39-,45-43-,51-49-. The number of allylic oxidation sites excluding steroid dienone is 28. The Kier molecular flexibility index (Phi) is 68.3. The van der Waals surface area contributed by atoms with Gasteiger partial charge in [0.25, 0.3) is 0 Å². The number of hydrogen-bond acceptors (Lipinski definition) is 8. The van der Waals surface area contributed by atoms with Gasteiger partial charge in [0.15, 0.2) is 12.4 Å². The highest BCUT2D eigenvalue weighted by atomic mass is 16.7. The number of esters is 2. The quantitative estimate of drug-likeness (QED) is 0.0195. The highest BCUT2D eigenvalue weighted by Gasteiger charge is 2.22. The van der Waals surface area contributed by atoms with Crippen LogP contribution >= 0.6 is 0 Å². The molecule has 2 unspecified atom stereocenters. The Labute approximate surface area is 571 Å². The summed E-state index contributed by atoms with van der Waals surface area (Å²) in [6.45, 7) is 4.51. The van der Waals surface area contributed by atoms with Crippen LogP contribution in [0.5, 0.6) is 0 Å². The van der Waals surface area contributed by atoms with Crippen LogP contribution in [-0.4, -0.2) is 82.3 Å². The Hall–Kier alpha value is -5.35. The molecule has 2 atom stereocenters. The summed E-state index contributed by atoms with van der Waals surface area (Å²) in [4.78, 5) is 37.6. The molecule has 0 N–H and O–H groups in total. The number of hydrogen-bond donors (Lipinski definition) is 0. The molecule has 0 amide bonds. The van der Waals surface area contributed by atoms with Gasteiger partial charge in [0.05, 0.1) is 40.3 Å². The third kappa shape index (κ3) is 73.9. The van der Waals surface area contributed by atoms with E-state index in [-0.39, 0.29) is 38.6 Å². The first-order valence-corrected chi connectivity index (χ1v) is 37.3. The van der Waals surface area contributed by atoms with E-state index in [4.69, 9.17) is 18.9 Å². The topological polar surface area (TPSA) is 111 Å². The molecule has 526 valence electrons. The van der Waals surface area contributed by atoms with Crippen molar-refractivity contribution in [2.45, 2.75) is 296 Å². The van der Waals surface area contributed by atoms with E-state index in [0.29, 0.717) is 17.4 Å². The fourth-order valence-electron chi connectivity index (χ4n) is 9.85. The molecule has 0 radical (unpaired) electrons. The lowest BCUT2D eigenvalue weighted by atomic mass is 10.0. The number of rotatable bonds is 67. The van der Waals surface area contributed by atoms with E-state index in [9.17, 15) is 19.5 Å². The Morgan fingerprint density at radius 1 is 0.323 bits per heavy atom. The summed E-state index contributed by atoms with van der Waals surface area (Å²) in [7, 11) is 5.92. The van der Waals surface area contributed by atoms with Crippen LogP contribution in [0.15, 0.2) is 170 Å². The smallest absolute Gasteiger partial charge is 0.306 e. The van der Waals surface area contributed by atoms with Gasteiger partial charge >= 0.3 is 11.9 Å². The lowest BCUT2D eigenvalue weighted by Crippen LogP contribution is -2.44. The Morgan fingerprint density at radius 2 is 0.581 bits per heavy atom. The average molecular weight is 1290 g/mol. The van der Waals surface area contributed by atoms with Crippen LogP contribution in [0.2, 0.25) is 0 Å². The van der Waals surface area contributed by atoms with Crippen LogP contribution < -0.4 is 5.11 Å². The van der Waals surface area contributed by atoms with Gasteiger partial charge in [0, 0.05) is 12.8 Å². The highest BCUT2D eigenvalue weighted by Crippen LogP contribution is 2.17. The highest BCUT2D eigenvalue weighted by molar-refractivity contribution is 5.70. The molecule has 0 aliphatic heterocycles. The van der Waals surface area contributed by atoms with Crippen molar-refractivity contribution in [2.24, 2.45) is 0 Å². The summed E-state index contributed by atoms with van der Waals surface area (Å²) < 4.78 is 22.8. The number of ether oxygens (including phenoxy) is 4. The maximum atomic E-state index is 13.0. The zero-order valence-electron chi connectivity index (χ0n) is 60.1. The van der Waals surface area contributed by atoms with Gasteiger partial charge in [-0.3, -0.25) is 9.59 Å². The largest absolute Gasteiger partial charge is 0.545 e. The van der Waals surface area contributed by atoms with Crippen molar-refractivity contribution >= 4 is 17.9 Å². The maximum absolute atomic E-state index is 13.0. The lowest BCUT2D eigenvalue weighted by molar-refractivity contribution is -0.870. The van der Waals surface area contributed by atoms with Crippen LogP contribution in [0.25, 0.3) is 0 Å². The van der Waals surface area contributed by atoms with E-state index >= 15 is 0 Å². The molecule has 0 bridgehead atoms. The minimum atomic E-state index is -1.63. The number of carbonyl (C=O) groups excluding carboxylic acids is 3. The summed E-state index contributed by atoms with van der Waals surface area (Å²) in [5.41, 5.74) is 0. The number of carboxylic acids is 1. The predicted molar refractivity (Wildman–Crippen MR) is 398 cm³/mol. The van der Waals surface area contributed by atoms with Gasteiger partial charge in [0.2, 0.25) is 0 Å². The zero-order valence-corrected chi connectivity index (χ0v) is 60.1. The molecule has 9 heteroatoms. The average Bonchev–Trinajstić information content (AvgIpc) is 3.74. The summed E-state index contributed by atoms with van der Waals surface area (Å²) in [5, 5.41) is 11.8. The third-order valence-electron chi connectivity index (χ3n) is 15.5. The van der Waals surface area contributed by atoms with Crippen LogP contribution in [0.3, 0.4) is 0 Å². The van der Waals surface area contributed by atoms with Crippen molar-refractivity contribution in [3.8, 4) is 0 Å². The molecule has 0 saturated carbocycles. The fourth-order valence-corrected chi connectivity index (χ4v) is 9.85. The Balaban J connectivity index is 4.14. The second-order valence-electron chi connectivity index (χ2n) is 25.5. The van der Waals surface area contributed by atoms with E-state index in [1.807, 2.05) is 21.1 Å². The SMILES string of the molecule is CC/C=C\C/C=C\C/C=C\C/C=C\C/C=C\C/C=C\C/C=C\C/C=C\CCCCCCCCCCCCC(=O)OC(COC(=O)CCCCCCCCCCCCCCCC/C=C\C/C=C\C/C=C\C/C=C\C/C=C\C/C=C\CC)COC(OCC[N+](C)(C)C)C(=O)[O-]. The Bertz CT molecular complexity index is 2140. The van der Waals surface area contributed by atoms with Gasteiger partial charge < -0.3 is 33.3 Å². The summed E-state index contributed by atoms with van der Waals surface area (Å²) in [6.07, 6.45) is 106. The molecule has 0 heterocycles. The van der Waals surface area contributed by atoms with E-state index in [2.05, 4.69) is 184 Å². The predicted octanol–water partition coefficient (Wildman–Crippen LogP) is 22.5. The molecule has 0 aliphatic carbocycles. The third-order valence-corrected chi connectivity index (χ3v) is 15.5. The van der Waals surface area contributed by atoms with Crippen LogP contribution in [0.4, 0.5) is 0 Å². The normalized spacial score (nSPS) is 13.7. The first-order valence-electron chi connectivity index (χ1n) is 37.3. The molecule has 0 aliphatic rings. The fraction of sp³-hybridized carbons (Fsp3) is 0.631. The zero-order chi connectivity index (χ0) is 67.5. The second-order valence-corrected chi connectivity index (χ2v) is 25.5. The van der Waals surface area contributed by atoms with Gasteiger partial charge in [-0.15, -0.1) is 0 Å². The number of aliphatic carboxylic acids is 1. The number of quaternary nitrogens is 1. The molecular weight excluding hydrogens is 1150 g/mol. The molecule has 0 spiro atoms. The first kappa shape index (κ1) is 87.7. The van der Waals surface area contributed by atoms with Crippen molar-refractivity contribution in [3.05, 3.63) is 170 Å². The van der Waals surface area contributed by atoms with E-state index in [0.717, 1.165) is 135 Å². The van der Waals surface area contributed by atoms with Crippen molar-refractivity contribution in [2.75, 3.05) is 47.5 Å². The van der Waals surface area contributed by atoms with Crippen LogP contribution in [0, 0.1) is 0 Å². The van der Waals surface area contributed by atoms with Crippen LogP contribution in [-0.2, 0) is 33.3 Å². The van der Waals surface area contributed by atoms with Crippen molar-refractivity contribution < 1.29 is 42.9 Å². The summed E-state index contributed by atoms with van der Waals surface area (Å²) >= 11 is 0. The molecule has 9 nitrogen and oxygen atoms in total. The van der Waals surface area contributed by atoms with E-state index < -0.39 is 24.3 Å². The number of carbonyl (C=O) groups is 3. The van der Waals surface area contributed by atoms with Gasteiger partial charge in [-0.25, -0.2) is 0 Å². The molecule has 0 aromatic heterocycles. The van der Waals surface area contributed by atoms with Gasteiger partial charge in [-0.1, -0.05) is 312 Å². The molecule has 0 aromatic rings. The van der Waals surface area contributed by atoms with Gasteiger partial charge in [0.1, 0.15) is 13.2 Å². The molecule has 0 saturated heterocycles. The molecule has 0 rings (SSSR count). The van der Waals surface area contributed by atoms with Gasteiger partial charge in [-0.05, 0) is 128 Å². The summed E-state index contributed by atoms with van der Waals surface area (Å²) in [5.74, 6) is -2.30. The number of likely N-dealkylation sites (N-methyl/N-ethyl adjacent to an activating group) is 1. The number of nitrogens with zero attached hydrogens (tertiary/aromatic N) is 1. The molecule has 0 aromatic carbocycles. The van der Waals surface area contributed by atoms with Crippen LogP contribution in [0.1, 0.15) is 284 Å². The second kappa shape index (κ2) is 72.5. The Morgan fingerprint density at radius 3 is 0.860 bits per heavy atom. The van der Waals surface area contributed by atoms with Crippen molar-refractivity contribution in [1.29, 1.82) is 0 Å². The van der Waals surface area contributed by atoms with Crippen molar-refractivity contribution in [3.63, 3.8) is 0 Å².